The third-order valence-corrected chi connectivity index (χ3v) is 4.54. The first kappa shape index (κ1) is 17.9. The summed E-state index contributed by atoms with van der Waals surface area (Å²) in [7, 11) is -0.603. The van der Waals surface area contributed by atoms with Gasteiger partial charge in [-0.05, 0) is 23.8 Å². The van der Waals surface area contributed by atoms with Gasteiger partial charge in [0.25, 0.3) is 0 Å². The quantitative estimate of drug-likeness (QED) is 0.640. The summed E-state index contributed by atoms with van der Waals surface area (Å²) in [5, 5.41) is 2.68. The predicted molar refractivity (Wildman–Crippen MR) is 70.6 cm³/mol. The summed E-state index contributed by atoms with van der Waals surface area (Å²) in [6.45, 7) is 0.00215. The van der Waals surface area contributed by atoms with Crippen LogP contribution in [0.1, 0.15) is 11.1 Å². The highest BCUT2D eigenvalue weighted by Crippen LogP contribution is 2.30. The number of halogens is 4. The monoisotopic (exact) mass is 328 g/mol. The van der Waals surface area contributed by atoms with Gasteiger partial charge in [-0.1, -0.05) is 0 Å². The smallest absolute Gasteiger partial charge is 0.312 e. The second kappa shape index (κ2) is 6.71. The molecule has 0 amide bonds. The van der Waals surface area contributed by atoms with Crippen molar-refractivity contribution in [2.24, 2.45) is 0 Å². The maximum Gasteiger partial charge on any atom is 0.416 e. The molecule has 0 saturated carbocycles. The number of alkyl halides is 3. The average molecular weight is 328 g/mol. The van der Waals surface area contributed by atoms with Gasteiger partial charge in [-0.25, -0.2) is 17.1 Å². The van der Waals surface area contributed by atoms with Gasteiger partial charge >= 0.3 is 6.18 Å². The van der Waals surface area contributed by atoms with Gasteiger partial charge in [0.2, 0.25) is 10.0 Å². The zero-order chi connectivity index (χ0) is 16.3. The van der Waals surface area contributed by atoms with E-state index >= 15 is 0 Å². The molecule has 0 aliphatic carbocycles. The highest BCUT2D eigenvalue weighted by Gasteiger charge is 2.31. The van der Waals surface area contributed by atoms with Crippen LogP contribution < -0.4 is 5.32 Å². The Morgan fingerprint density at radius 1 is 1.19 bits per heavy atom. The fourth-order valence-electron chi connectivity index (χ4n) is 1.53. The van der Waals surface area contributed by atoms with E-state index in [1.165, 1.54) is 14.1 Å². The minimum Gasteiger partial charge on any atom is -0.312 e. The van der Waals surface area contributed by atoms with Crippen LogP contribution in [0.3, 0.4) is 0 Å². The summed E-state index contributed by atoms with van der Waals surface area (Å²) in [6, 6.07) is 2.22. The molecule has 0 heterocycles. The van der Waals surface area contributed by atoms with Crippen LogP contribution in [0.5, 0.6) is 0 Å². The average Bonchev–Trinajstić information content (AvgIpc) is 2.33. The van der Waals surface area contributed by atoms with Crippen LogP contribution in [0.2, 0.25) is 0 Å². The lowest BCUT2D eigenvalue weighted by atomic mass is 10.1. The van der Waals surface area contributed by atoms with Crippen molar-refractivity contribution in [1.29, 1.82) is 0 Å². The molecule has 21 heavy (non-hydrogen) atoms. The minimum absolute atomic E-state index is 0.0518. The number of hydrogen-bond donors (Lipinski definition) is 1. The summed E-state index contributed by atoms with van der Waals surface area (Å²) < 4.78 is 74.6. The second-order valence-electron chi connectivity index (χ2n) is 4.62. The van der Waals surface area contributed by atoms with E-state index in [4.69, 9.17) is 0 Å². The summed E-state index contributed by atoms with van der Waals surface area (Å²) in [5.74, 6) is -1.18. The number of hydrogen-bond acceptors (Lipinski definition) is 3. The molecule has 0 bridgehead atoms. The van der Waals surface area contributed by atoms with Crippen molar-refractivity contribution in [3.63, 3.8) is 0 Å². The standard InChI is InChI=1S/C12H16F4N2O2S/c1-18(2)21(19,20)4-3-17-8-9-5-10(12(14,15)16)7-11(13)6-9/h5-7,17H,3-4,8H2,1-2H3. The van der Waals surface area contributed by atoms with E-state index in [1.807, 2.05) is 0 Å². The van der Waals surface area contributed by atoms with Crippen molar-refractivity contribution in [2.45, 2.75) is 12.7 Å². The van der Waals surface area contributed by atoms with Crippen LogP contribution in [0, 0.1) is 5.82 Å². The maximum atomic E-state index is 13.1. The Kier molecular flexibility index (Phi) is 5.71. The molecular weight excluding hydrogens is 312 g/mol. The van der Waals surface area contributed by atoms with Crippen molar-refractivity contribution in [2.75, 3.05) is 26.4 Å². The largest absolute Gasteiger partial charge is 0.416 e. The van der Waals surface area contributed by atoms with Crippen LogP contribution in [-0.2, 0) is 22.7 Å². The molecule has 0 fully saturated rings. The molecular formula is C12H16F4N2O2S. The zero-order valence-corrected chi connectivity index (χ0v) is 12.4. The molecule has 120 valence electrons. The molecule has 1 rings (SSSR count). The van der Waals surface area contributed by atoms with E-state index in [-0.39, 0.29) is 24.4 Å². The first-order valence-electron chi connectivity index (χ1n) is 6.00. The van der Waals surface area contributed by atoms with Gasteiger partial charge < -0.3 is 5.32 Å². The van der Waals surface area contributed by atoms with E-state index in [2.05, 4.69) is 5.32 Å². The van der Waals surface area contributed by atoms with Crippen molar-refractivity contribution < 1.29 is 26.0 Å². The van der Waals surface area contributed by atoms with Crippen LogP contribution in [-0.4, -0.2) is 39.1 Å². The SMILES string of the molecule is CN(C)S(=O)(=O)CCNCc1cc(F)cc(C(F)(F)F)c1. The molecule has 0 unspecified atom stereocenters. The number of nitrogens with one attached hydrogen (secondary N) is 1. The van der Waals surface area contributed by atoms with Gasteiger partial charge in [-0.3, -0.25) is 0 Å². The molecule has 0 aliphatic rings. The lowest BCUT2D eigenvalue weighted by Crippen LogP contribution is -2.31. The van der Waals surface area contributed by atoms with Gasteiger partial charge in [0, 0.05) is 27.2 Å². The van der Waals surface area contributed by atoms with Gasteiger partial charge in [0.1, 0.15) is 5.82 Å². The fraction of sp³-hybridized carbons (Fsp3) is 0.500. The van der Waals surface area contributed by atoms with Crippen LogP contribution in [0.4, 0.5) is 17.6 Å². The highest BCUT2D eigenvalue weighted by molar-refractivity contribution is 7.89. The molecule has 1 aromatic rings. The van der Waals surface area contributed by atoms with Crippen molar-refractivity contribution >= 4 is 10.0 Å². The van der Waals surface area contributed by atoms with Crippen molar-refractivity contribution in [3.05, 3.63) is 35.1 Å². The molecule has 0 radical (unpaired) electrons. The summed E-state index contributed by atoms with van der Waals surface area (Å²) in [5.41, 5.74) is -0.968. The minimum atomic E-state index is -4.62. The Hall–Kier alpha value is -1.19. The Balaban J connectivity index is 2.63. The van der Waals surface area contributed by atoms with E-state index in [0.29, 0.717) is 6.07 Å². The van der Waals surface area contributed by atoms with Crippen LogP contribution >= 0.6 is 0 Å². The molecule has 0 spiro atoms. The number of rotatable bonds is 6. The molecule has 0 atom stereocenters. The van der Waals surface area contributed by atoms with Gasteiger partial charge in [0.15, 0.2) is 0 Å². The summed E-state index contributed by atoms with van der Waals surface area (Å²) >= 11 is 0. The predicted octanol–water partition coefficient (Wildman–Crippen LogP) is 1.83. The van der Waals surface area contributed by atoms with Crippen molar-refractivity contribution in [3.8, 4) is 0 Å². The maximum absolute atomic E-state index is 13.1. The first-order valence-corrected chi connectivity index (χ1v) is 7.61. The van der Waals surface area contributed by atoms with Crippen LogP contribution in [0.15, 0.2) is 18.2 Å². The van der Waals surface area contributed by atoms with Gasteiger partial charge in [0.05, 0.1) is 11.3 Å². The molecule has 1 N–H and O–H groups in total. The van der Waals surface area contributed by atoms with Gasteiger partial charge in [-0.15, -0.1) is 0 Å². The lowest BCUT2D eigenvalue weighted by Gasteiger charge is -2.12. The summed E-state index contributed by atoms with van der Waals surface area (Å²) in [4.78, 5) is 0. The highest BCUT2D eigenvalue weighted by atomic mass is 32.2. The third kappa shape index (κ3) is 5.60. The Morgan fingerprint density at radius 2 is 1.81 bits per heavy atom. The number of benzene rings is 1. The summed E-state index contributed by atoms with van der Waals surface area (Å²) in [6.07, 6.45) is -4.62. The topological polar surface area (TPSA) is 49.4 Å². The second-order valence-corrected chi connectivity index (χ2v) is 6.92. The van der Waals surface area contributed by atoms with Crippen LogP contribution in [0.25, 0.3) is 0 Å². The van der Waals surface area contributed by atoms with E-state index in [9.17, 15) is 26.0 Å². The Labute approximate surface area is 120 Å². The Morgan fingerprint density at radius 3 is 2.33 bits per heavy atom. The first-order chi connectivity index (χ1) is 9.52. The van der Waals surface area contributed by atoms with E-state index in [0.717, 1.165) is 16.4 Å². The fourth-order valence-corrected chi connectivity index (χ4v) is 2.30. The molecule has 9 heteroatoms. The normalized spacial score (nSPS) is 12.9. The zero-order valence-electron chi connectivity index (χ0n) is 11.5. The third-order valence-electron chi connectivity index (χ3n) is 2.71. The molecule has 0 aliphatic heterocycles. The molecule has 4 nitrogen and oxygen atoms in total. The van der Waals surface area contributed by atoms with E-state index < -0.39 is 27.6 Å². The number of sulfonamides is 1. The van der Waals surface area contributed by atoms with Crippen molar-refractivity contribution in [1.82, 2.24) is 9.62 Å². The molecule has 0 aromatic heterocycles. The molecule has 1 aromatic carbocycles. The molecule has 0 saturated heterocycles. The Bertz CT molecular complexity index is 585. The lowest BCUT2D eigenvalue weighted by molar-refractivity contribution is -0.137. The number of nitrogens with zero attached hydrogens (tertiary/aromatic N) is 1. The van der Waals surface area contributed by atoms with Gasteiger partial charge in [-0.2, -0.15) is 13.2 Å². The van der Waals surface area contributed by atoms with E-state index in [1.54, 1.807) is 0 Å².